The van der Waals surface area contributed by atoms with Gasteiger partial charge in [-0.05, 0) is 63.2 Å². The van der Waals surface area contributed by atoms with Crippen LogP contribution in [-0.4, -0.2) is 82.2 Å². The van der Waals surface area contributed by atoms with Gasteiger partial charge in [-0.15, -0.1) is 0 Å². The van der Waals surface area contributed by atoms with E-state index in [1.54, 1.807) is 37.6 Å². The van der Waals surface area contributed by atoms with E-state index in [0.29, 0.717) is 41.8 Å². The highest BCUT2D eigenvalue weighted by molar-refractivity contribution is 6.37. The van der Waals surface area contributed by atoms with Gasteiger partial charge in [-0.2, -0.15) is 10.4 Å². The highest BCUT2D eigenvalue weighted by Crippen LogP contribution is 2.27. The number of likely N-dealkylation sites (tertiary alicyclic amines) is 1. The van der Waals surface area contributed by atoms with Gasteiger partial charge in [0.15, 0.2) is 0 Å². The predicted octanol–water partition coefficient (Wildman–Crippen LogP) is 3.05. The van der Waals surface area contributed by atoms with Gasteiger partial charge in [0.05, 0.1) is 54.6 Å². The van der Waals surface area contributed by atoms with E-state index in [1.807, 2.05) is 36.1 Å². The number of piperidine rings is 1. The maximum Gasteiger partial charge on any atom is 0.317 e. The molecule has 1 aliphatic heterocycles. The van der Waals surface area contributed by atoms with Gasteiger partial charge in [0, 0.05) is 30.3 Å². The molecule has 4 N–H and O–H groups in total. The first-order chi connectivity index (χ1) is 20.4. The second-order valence-electron chi connectivity index (χ2n) is 10.1. The van der Waals surface area contributed by atoms with Gasteiger partial charge in [0.1, 0.15) is 5.71 Å². The molecule has 0 aliphatic carbocycles. The van der Waals surface area contributed by atoms with Crippen molar-refractivity contribution in [2.24, 2.45) is 15.9 Å². The fourth-order valence-electron chi connectivity index (χ4n) is 4.83. The number of carbonyl (C=O) groups is 1. The summed E-state index contributed by atoms with van der Waals surface area (Å²) in [6.07, 6.45) is 3.30. The number of nitrogens with one attached hydrogen (secondary N) is 1. The van der Waals surface area contributed by atoms with Gasteiger partial charge in [-0.25, -0.2) is 9.97 Å². The third-order valence-corrected chi connectivity index (χ3v) is 6.87. The molecule has 1 atom stereocenters. The van der Waals surface area contributed by atoms with Crippen molar-refractivity contribution in [1.29, 1.82) is 5.26 Å². The number of nitriles is 1. The quantitative estimate of drug-likeness (QED) is 0.167. The Morgan fingerprint density at radius 1 is 1.24 bits per heavy atom. The summed E-state index contributed by atoms with van der Waals surface area (Å²) in [6, 6.07) is 16.9. The topological polar surface area (TPSA) is 175 Å². The standard InChI is InChI=1S/C30H35N9O3/c1-20(19-42-2)34-30-36-26(23-6-3-5-21(13-23)15-31)14-27(37-30)28(38-32)17-33-16-24-7-4-8-25(35-24)22-9-11-39(12-10-22)18-29(40)41/h3-8,13-14,17,20,22H,9-12,16,18-19,32H2,1-2H3,(H,40,41)(H,34,36,37)/t20-/m1/s1. The smallest absolute Gasteiger partial charge is 0.317 e. The van der Waals surface area contributed by atoms with Crippen molar-refractivity contribution < 1.29 is 14.6 Å². The monoisotopic (exact) mass is 569 g/mol. The van der Waals surface area contributed by atoms with Crippen LogP contribution in [0, 0.1) is 11.3 Å². The molecule has 0 radical (unpaired) electrons. The maximum absolute atomic E-state index is 11.0. The van der Waals surface area contributed by atoms with E-state index in [0.717, 1.165) is 42.9 Å². The molecule has 1 saturated heterocycles. The fourth-order valence-corrected chi connectivity index (χ4v) is 4.83. The predicted molar refractivity (Wildman–Crippen MR) is 160 cm³/mol. The molecule has 1 aliphatic rings. The number of methoxy groups -OCH3 is 1. The minimum Gasteiger partial charge on any atom is -0.480 e. The van der Waals surface area contributed by atoms with Crippen molar-refractivity contribution in [2.45, 2.75) is 38.3 Å². The maximum atomic E-state index is 11.0. The van der Waals surface area contributed by atoms with Crippen molar-refractivity contribution in [1.82, 2.24) is 19.9 Å². The first kappa shape index (κ1) is 30.2. The molecule has 4 rings (SSSR count). The largest absolute Gasteiger partial charge is 0.480 e. The van der Waals surface area contributed by atoms with Crippen LogP contribution in [0.5, 0.6) is 0 Å². The van der Waals surface area contributed by atoms with Gasteiger partial charge < -0.3 is 21.0 Å². The van der Waals surface area contributed by atoms with Crippen LogP contribution < -0.4 is 11.2 Å². The average molecular weight is 570 g/mol. The number of aliphatic imine (C=N–C) groups is 1. The molecule has 218 valence electrons. The summed E-state index contributed by atoms with van der Waals surface area (Å²) in [7, 11) is 1.62. The van der Waals surface area contributed by atoms with E-state index >= 15 is 0 Å². The van der Waals surface area contributed by atoms with E-state index < -0.39 is 5.97 Å². The van der Waals surface area contributed by atoms with Crippen LogP contribution in [0.3, 0.4) is 0 Å². The van der Waals surface area contributed by atoms with Gasteiger partial charge in [-0.3, -0.25) is 19.7 Å². The number of aromatic nitrogens is 3. The Morgan fingerprint density at radius 2 is 2.02 bits per heavy atom. The highest BCUT2D eigenvalue weighted by atomic mass is 16.5. The number of carboxylic acids is 1. The number of nitrogens with zero attached hydrogens (tertiary/aromatic N) is 7. The Labute approximate surface area is 245 Å². The molecule has 0 bridgehead atoms. The number of aliphatic carboxylic acids is 1. The zero-order valence-corrected chi connectivity index (χ0v) is 23.8. The first-order valence-corrected chi connectivity index (χ1v) is 13.7. The summed E-state index contributed by atoms with van der Waals surface area (Å²) in [5, 5.41) is 25.6. The highest BCUT2D eigenvalue weighted by Gasteiger charge is 2.23. The second-order valence-corrected chi connectivity index (χ2v) is 10.1. The van der Waals surface area contributed by atoms with E-state index in [1.165, 1.54) is 0 Å². The summed E-state index contributed by atoms with van der Waals surface area (Å²) >= 11 is 0. The Kier molecular flexibility index (Phi) is 10.6. The molecule has 0 amide bonds. The molecule has 1 aromatic carbocycles. The molecule has 0 unspecified atom stereocenters. The number of nitrogens with two attached hydrogens (primary N) is 1. The van der Waals surface area contributed by atoms with Crippen LogP contribution in [0.15, 0.2) is 58.6 Å². The summed E-state index contributed by atoms with van der Waals surface area (Å²) in [5.41, 5.74) is 4.50. The van der Waals surface area contributed by atoms with Crippen molar-refractivity contribution in [2.75, 3.05) is 38.7 Å². The van der Waals surface area contributed by atoms with Crippen molar-refractivity contribution in [3.05, 3.63) is 71.2 Å². The van der Waals surface area contributed by atoms with Crippen molar-refractivity contribution >= 4 is 23.8 Å². The normalized spacial score (nSPS) is 15.4. The lowest BCUT2D eigenvalue weighted by Gasteiger charge is -2.30. The Hall–Kier alpha value is -4.73. The van der Waals surface area contributed by atoms with Crippen molar-refractivity contribution in [3.8, 4) is 17.3 Å². The second kappa shape index (κ2) is 14.8. The van der Waals surface area contributed by atoms with Crippen LogP contribution >= 0.6 is 0 Å². The zero-order chi connectivity index (χ0) is 29.9. The lowest BCUT2D eigenvalue weighted by molar-refractivity contribution is -0.138. The van der Waals surface area contributed by atoms with Crippen LogP contribution in [-0.2, 0) is 16.1 Å². The van der Waals surface area contributed by atoms with Crippen LogP contribution in [0.25, 0.3) is 11.3 Å². The Bertz CT molecular complexity index is 1480. The van der Waals surface area contributed by atoms with Gasteiger partial charge in [0.2, 0.25) is 5.95 Å². The summed E-state index contributed by atoms with van der Waals surface area (Å²) in [4.78, 5) is 31.6. The van der Waals surface area contributed by atoms with Crippen LogP contribution in [0.4, 0.5) is 5.95 Å². The summed E-state index contributed by atoms with van der Waals surface area (Å²) < 4.78 is 5.23. The van der Waals surface area contributed by atoms with E-state index in [2.05, 4.69) is 31.4 Å². The SMILES string of the molecule is COC[C@@H](C)Nc1nc(C(C=NCc2cccc(C3CCN(CC(=O)O)CC3)n2)=NN)cc(-c2cccc(C#N)c2)n1. The lowest BCUT2D eigenvalue weighted by Crippen LogP contribution is -2.36. The average Bonchev–Trinajstić information content (AvgIpc) is 2.99. The number of hydrogen-bond donors (Lipinski definition) is 3. The first-order valence-electron chi connectivity index (χ1n) is 13.7. The zero-order valence-electron chi connectivity index (χ0n) is 23.8. The number of pyridine rings is 1. The molecule has 0 saturated carbocycles. The number of rotatable bonds is 12. The molecular weight excluding hydrogens is 534 g/mol. The third-order valence-electron chi connectivity index (χ3n) is 6.87. The number of hydrazone groups is 1. The minimum absolute atomic E-state index is 0.0572. The van der Waals surface area contributed by atoms with Crippen LogP contribution in [0.2, 0.25) is 0 Å². The lowest BCUT2D eigenvalue weighted by atomic mass is 9.93. The molecule has 2 aromatic heterocycles. The van der Waals surface area contributed by atoms with Crippen molar-refractivity contribution in [3.63, 3.8) is 0 Å². The third kappa shape index (κ3) is 8.39. The van der Waals surface area contributed by atoms with E-state index in [-0.39, 0.29) is 18.5 Å². The van der Waals surface area contributed by atoms with Gasteiger partial charge in [0.25, 0.3) is 0 Å². The number of anilines is 1. The number of hydrogen-bond acceptors (Lipinski definition) is 11. The molecule has 42 heavy (non-hydrogen) atoms. The minimum atomic E-state index is -0.800. The number of carboxylic acid groups (broad SMARTS) is 1. The van der Waals surface area contributed by atoms with Crippen LogP contribution in [0.1, 0.15) is 48.3 Å². The molecule has 3 heterocycles. The molecule has 1 fully saturated rings. The Balaban J connectivity index is 1.51. The Morgan fingerprint density at radius 3 is 2.74 bits per heavy atom. The van der Waals surface area contributed by atoms with Gasteiger partial charge >= 0.3 is 5.97 Å². The van der Waals surface area contributed by atoms with E-state index in [4.69, 9.17) is 20.7 Å². The van der Waals surface area contributed by atoms with Gasteiger partial charge in [-0.1, -0.05) is 18.2 Å². The molecule has 3 aromatic rings. The van der Waals surface area contributed by atoms with E-state index in [9.17, 15) is 10.1 Å². The molecule has 12 nitrogen and oxygen atoms in total. The number of benzene rings is 1. The fraction of sp³-hybridized carbons (Fsp3) is 0.367. The summed E-state index contributed by atoms with van der Waals surface area (Å²) in [6.45, 7) is 4.28. The molecule has 12 heteroatoms. The molecular formula is C30H35N9O3. The molecule has 0 spiro atoms. The number of ether oxygens (including phenoxy) is 1. The summed E-state index contributed by atoms with van der Waals surface area (Å²) in [5.74, 6) is 5.63.